The maximum atomic E-state index is 11.8. The Bertz CT molecular complexity index is 359. The van der Waals surface area contributed by atoms with Gasteiger partial charge in [-0.05, 0) is 25.2 Å². The molecule has 0 bridgehead atoms. The zero-order valence-corrected chi connectivity index (χ0v) is 11.5. The lowest BCUT2D eigenvalue weighted by Crippen LogP contribution is -2.43. The lowest BCUT2D eigenvalue weighted by molar-refractivity contribution is 0.336. The van der Waals surface area contributed by atoms with Gasteiger partial charge in [-0.25, -0.2) is 13.1 Å². The minimum atomic E-state index is -3.40. The van der Waals surface area contributed by atoms with Crippen molar-refractivity contribution in [3.63, 3.8) is 0 Å². The Morgan fingerprint density at radius 3 is 2.44 bits per heavy atom. The average molecular weight is 264 g/mol. The van der Waals surface area contributed by atoms with E-state index in [1.807, 2.05) is 0 Å². The second-order valence-electron chi connectivity index (χ2n) is 4.93. The SMILES string of the molecule is CC(C(N)=S)S(=O)(=O)NCC1(C)CCCC1. The third kappa shape index (κ3) is 3.40. The van der Waals surface area contributed by atoms with Crippen molar-refractivity contribution in [3.05, 3.63) is 0 Å². The molecule has 0 heterocycles. The highest BCUT2D eigenvalue weighted by Gasteiger charge is 2.31. The number of nitrogens with one attached hydrogen (secondary N) is 1. The molecule has 1 aliphatic carbocycles. The van der Waals surface area contributed by atoms with Gasteiger partial charge >= 0.3 is 0 Å². The number of rotatable bonds is 5. The van der Waals surface area contributed by atoms with Gasteiger partial charge in [-0.1, -0.05) is 32.0 Å². The van der Waals surface area contributed by atoms with Gasteiger partial charge in [-0.15, -0.1) is 0 Å². The van der Waals surface area contributed by atoms with Crippen molar-refractivity contribution in [2.75, 3.05) is 6.54 Å². The molecule has 0 spiro atoms. The lowest BCUT2D eigenvalue weighted by Gasteiger charge is -2.24. The fourth-order valence-electron chi connectivity index (χ4n) is 1.96. The summed E-state index contributed by atoms with van der Waals surface area (Å²) in [6, 6.07) is 0. The minimum absolute atomic E-state index is 0.0177. The van der Waals surface area contributed by atoms with Crippen LogP contribution in [0.1, 0.15) is 39.5 Å². The molecule has 0 aromatic rings. The Morgan fingerprint density at radius 1 is 1.50 bits per heavy atom. The molecule has 3 N–H and O–H groups in total. The highest BCUT2D eigenvalue weighted by molar-refractivity contribution is 7.93. The summed E-state index contributed by atoms with van der Waals surface area (Å²) in [6.07, 6.45) is 4.53. The summed E-state index contributed by atoms with van der Waals surface area (Å²) in [5, 5.41) is -0.799. The molecule has 1 unspecified atom stereocenters. The van der Waals surface area contributed by atoms with Gasteiger partial charge in [0.1, 0.15) is 5.25 Å². The predicted octanol–water partition coefficient (Wildman–Crippen LogP) is 1.16. The number of sulfonamides is 1. The molecule has 6 heteroatoms. The zero-order chi connectivity index (χ0) is 12.4. The van der Waals surface area contributed by atoms with Crippen LogP contribution in [0.3, 0.4) is 0 Å². The quantitative estimate of drug-likeness (QED) is 0.731. The van der Waals surface area contributed by atoms with Gasteiger partial charge in [0.05, 0.1) is 4.99 Å². The standard InChI is InChI=1S/C10H20N2O2S2/c1-8(9(11)15)16(13,14)12-7-10(2)5-3-4-6-10/h8,12H,3-7H2,1-2H3,(H2,11,15). The van der Waals surface area contributed by atoms with Gasteiger partial charge < -0.3 is 5.73 Å². The fourth-order valence-corrected chi connectivity index (χ4v) is 3.44. The summed E-state index contributed by atoms with van der Waals surface area (Å²) in [5.74, 6) is 0. The zero-order valence-electron chi connectivity index (χ0n) is 9.82. The van der Waals surface area contributed by atoms with Crippen molar-refractivity contribution in [2.24, 2.45) is 11.1 Å². The van der Waals surface area contributed by atoms with Gasteiger partial charge in [-0.2, -0.15) is 0 Å². The third-order valence-electron chi connectivity index (χ3n) is 3.38. The van der Waals surface area contributed by atoms with Crippen LogP contribution in [0, 0.1) is 5.41 Å². The van der Waals surface area contributed by atoms with E-state index >= 15 is 0 Å². The minimum Gasteiger partial charge on any atom is -0.392 e. The normalized spacial score (nSPS) is 21.9. The molecule has 0 aromatic carbocycles. The van der Waals surface area contributed by atoms with Crippen molar-refractivity contribution in [1.82, 2.24) is 4.72 Å². The second-order valence-corrected chi connectivity index (χ2v) is 7.49. The van der Waals surface area contributed by atoms with Gasteiger partial charge in [0, 0.05) is 6.54 Å². The summed E-state index contributed by atoms with van der Waals surface area (Å²) in [4.78, 5) is 0.0177. The third-order valence-corrected chi connectivity index (χ3v) is 5.61. The van der Waals surface area contributed by atoms with Crippen molar-refractivity contribution in [3.8, 4) is 0 Å². The van der Waals surface area contributed by atoms with E-state index in [0.717, 1.165) is 12.8 Å². The van der Waals surface area contributed by atoms with Gasteiger partial charge in [0.2, 0.25) is 10.0 Å². The Morgan fingerprint density at radius 2 is 2.00 bits per heavy atom. The molecule has 1 fully saturated rings. The molecule has 1 aliphatic rings. The molecule has 0 aliphatic heterocycles. The molecule has 16 heavy (non-hydrogen) atoms. The van der Waals surface area contributed by atoms with Crippen molar-refractivity contribution in [2.45, 2.75) is 44.8 Å². The average Bonchev–Trinajstić information content (AvgIpc) is 2.62. The first-order chi connectivity index (χ1) is 7.27. The van der Waals surface area contributed by atoms with Gasteiger partial charge in [0.15, 0.2) is 0 Å². The smallest absolute Gasteiger partial charge is 0.220 e. The van der Waals surface area contributed by atoms with Crippen LogP contribution in [0.15, 0.2) is 0 Å². The maximum Gasteiger partial charge on any atom is 0.220 e. The molecule has 0 amide bonds. The van der Waals surface area contributed by atoms with E-state index in [1.54, 1.807) is 0 Å². The van der Waals surface area contributed by atoms with E-state index in [-0.39, 0.29) is 10.4 Å². The first-order valence-corrected chi connectivity index (χ1v) is 7.50. The van der Waals surface area contributed by atoms with E-state index in [1.165, 1.54) is 19.8 Å². The summed E-state index contributed by atoms with van der Waals surface area (Å²) in [7, 11) is -3.40. The molecular weight excluding hydrogens is 244 g/mol. The molecule has 0 saturated heterocycles. The van der Waals surface area contributed by atoms with Gasteiger partial charge in [-0.3, -0.25) is 0 Å². The van der Waals surface area contributed by atoms with E-state index in [0.29, 0.717) is 6.54 Å². The van der Waals surface area contributed by atoms with E-state index < -0.39 is 15.3 Å². The van der Waals surface area contributed by atoms with Crippen LogP contribution in [0.25, 0.3) is 0 Å². The number of thiocarbonyl (C=S) groups is 1. The van der Waals surface area contributed by atoms with Crippen molar-refractivity contribution in [1.29, 1.82) is 0 Å². The molecule has 4 nitrogen and oxygen atoms in total. The number of nitrogens with two attached hydrogens (primary N) is 1. The molecule has 94 valence electrons. The molecule has 1 rings (SSSR count). The fraction of sp³-hybridized carbons (Fsp3) is 0.900. The van der Waals surface area contributed by atoms with Gasteiger partial charge in [0.25, 0.3) is 0 Å². The highest BCUT2D eigenvalue weighted by Crippen LogP contribution is 2.36. The molecule has 0 radical (unpaired) electrons. The van der Waals surface area contributed by atoms with Crippen molar-refractivity contribution < 1.29 is 8.42 Å². The van der Waals surface area contributed by atoms with Crippen LogP contribution in [-0.4, -0.2) is 25.2 Å². The summed E-state index contributed by atoms with van der Waals surface area (Å²) in [6.45, 7) is 4.12. The Kier molecular flexibility index (Phi) is 4.31. The summed E-state index contributed by atoms with van der Waals surface area (Å²) >= 11 is 4.70. The predicted molar refractivity (Wildman–Crippen MR) is 69.7 cm³/mol. The molecular formula is C10H20N2O2S2. The van der Waals surface area contributed by atoms with Crippen LogP contribution in [0.5, 0.6) is 0 Å². The van der Waals surface area contributed by atoms with Crippen LogP contribution in [0.2, 0.25) is 0 Å². The Labute approximate surface area is 103 Å². The lowest BCUT2D eigenvalue weighted by atomic mass is 9.89. The Balaban J connectivity index is 2.57. The van der Waals surface area contributed by atoms with Crippen LogP contribution in [0.4, 0.5) is 0 Å². The van der Waals surface area contributed by atoms with Crippen molar-refractivity contribution >= 4 is 27.2 Å². The highest BCUT2D eigenvalue weighted by atomic mass is 32.2. The van der Waals surface area contributed by atoms with Crippen LogP contribution < -0.4 is 10.5 Å². The maximum absolute atomic E-state index is 11.8. The summed E-state index contributed by atoms with van der Waals surface area (Å²) in [5.41, 5.74) is 5.45. The topological polar surface area (TPSA) is 72.2 Å². The monoisotopic (exact) mass is 264 g/mol. The van der Waals surface area contributed by atoms with Crippen LogP contribution in [-0.2, 0) is 10.0 Å². The van der Waals surface area contributed by atoms with E-state index in [4.69, 9.17) is 18.0 Å². The number of hydrogen-bond acceptors (Lipinski definition) is 3. The summed E-state index contributed by atoms with van der Waals surface area (Å²) < 4.78 is 26.2. The molecule has 1 atom stereocenters. The first-order valence-electron chi connectivity index (χ1n) is 5.55. The number of hydrogen-bond donors (Lipinski definition) is 2. The molecule has 0 aromatic heterocycles. The molecule has 1 saturated carbocycles. The van der Waals surface area contributed by atoms with E-state index in [2.05, 4.69) is 11.6 Å². The van der Waals surface area contributed by atoms with Crippen LogP contribution >= 0.6 is 12.2 Å². The first kappa shape index (κ1) is 13.9. The largest absolute Gasteiger partial charge is 0.392 e. The second kappa shape index (κ2) is 4.98. The Hall–Kier alpha value is -0.200. The van der Waals surface area contributed by atoms with E-state index in [9.17, 15) is 8.42 Å².